The minimum absolute atomic E-state index is 0.761. The third kappa shape index (κ3) is 3.21. The second kappa shape index (κ2) is 5.34. The zero-order valence-corrected chi connectivity index (χ0v) is 10.4. The summed E-state index contributed by atoms with van der Waals surface area (Å²) in [6, 6.07) is 0. The van der Waals surface area contributed by atoms with Crippen LogP contribution in [-0.4, -0.2) is 25.0 Å². The molecule has 2 rings (SSSR count). The Morgan fingerprint density at radius 3 is 1.67 bits per heavy atom. The highest BCUT2D eigenvalue weighted by atomic mass is 15.1. The van der Waals surface area contributed by atoms with Crippen molar-refractivity contribution >= 4 is 0 Å². The van der Waals surface area contributed by atoms with Crippen molar-refractivity contribution in [3.05, 3.63) is 0 Å². The van der Waals surface area contributed by atoms with Gasteiger partial charge in [0.05, 0.1) is 0 Å². The van der Waals surface area contributed by atoms with Gasteiger partial charge in [-0.1, -0.05) is 38.5 Å². The van der Waals surface area contributed by atoms with E-state index in [0.717, 1.165) is 5.41 Å². The monoisotopic (exact) mass is 209 g/mol. The second-order valence-electron chi connectivity index (χ2n) is 5.92. The number of piperidine rings is 1. The Balaban J connectivity index is 1.91. The van der Waals surface area contributed by atoms with Crippen molar-refractivity contribution in [2.24, 2.45) is 5.41 Å². The number of hydrogen-bond acceptors (Lipinski definition) is 1. The summed E-state index contributed by atoms with van der Waals surface area (Å²) in [5, 5.41) is 0. The van der Waals surface area contributed by atoms with Crippen LogP contribution in [0.15, 0.2) is 0 Å². The lowest BCUT2D eigenvalue weighted by molar-refractivity contribution is 0.0985. The molecule has 0 aromatic rings. The Labute approximate surface area is 95.2 Å². The first kappa shape index (κ1) is 11.4. The van der Waals surface area contributed by atoms with E-state index < -0.39 is 0 Å². The average molecular weight is 209 g/mol. The number of nitrogens with zero attached hydrogens (tertiary/aromatic N) is 1. The first-order chi connectivity index (χ1) is 7.31. The number of rotatable bonds is 0. The van der Waals surface area contributed by atoms with Gasteiger partial charge >= 0.3 is 0 Å². The fourth-order valence-electron chi connectivity index (χ4n) is 3.42. The molecule has 1 spiro atoms. The van der Waals surface area contributed by atoms with Gasteiger partial charge in [-0.15, -0.1) is 0 Å². The van der Waals surface area contributed by atoms with Gasteiger partial charge in [0, 0.05) is 0 Å². The van der Waals surface area contributed by atoms with Crippen molar-refractivity contribution < 1.29 is 0 Å². The molecule has 0 amide bonds. The minimum Gasteiger partial charge on any atom is -0.306 e. The molecule has 2 aliphatic rings. The molecule has 1 aliphatic carbocycles. The van der Waals surface area contributed by atoms with E-state index in [9.17, 15) is 0 Å². The highest BCUT2D eigenvalue weighted by Crippen LogP contribution is 2.42. The Morgan fingerprint density at radius 1 is 0.667 bits per heavy atom. The van der Waals surface area contributed by atoms with Crippen molar-refractivity contribution in [3.63, 3.8) is 0 Å². The van der Waals surface area contributed by atoms with Crippen LogP contribution >= 0.6 is 0 Å². The Kier molecular flexibility index (Phi) is 4.07. The normalized spacial score (nSPS) is 29.4. The van der Waals surface area contributed by atoms with Crippen LogP contribution in [0.3, 0.4) is 0 Å². The SMILES string of the molecule is CN1CCC2(CCCCCCCC2)CC1. The molecule has 1 aliphatic heterocycles. The van der Waals surface area contributed by atoms with Crippen LogP contribution in [0, 0.1) is 5.41 Å². The van der Waals surface area contributed by atoms with Crippen LogP contribution in [0.25, 0.3) is 0 Å². The van der Waals surface area contributed by atoms with Gasteiger partial charge in [-0.3, -0.25) is 0 Å². The molecule has 0 N–H and O–H groups in total. The maximum absolute atomic E-state index is 2.51. The van der Waals surface area contributed by atoms with E-state index in [4.69, 9.17) is 0 Å². The smallest absolute Gasteiger partial charge is 0.00165 e. The van der Waals surface area contributed by atoms with Gasteiger partial charge in [-0.25, -0.2) is 0 Å². The van der Waals surface area contributed by atoms with Gasteiger partial charge in [0.25, 0.3) is 0 Å². The molecule has 0 bridgehead atoms. The second-order valence-corrected chi connectivity index (χ2v) is 5.92. The third-order valence-corrected chi connectivity index (χ3v) is 4.71. The minimum atomic E-state index is 0.761. The molecule has 0 aromatic heterocycles. The molecule has 0 aromatic carbocycles. The molecule has 2 fully saturated rings. The molecular weight excluding hydrogens is 182 g/mol. The largest absolute Gasteiger partial charge is 0.306 e. The van der Waals surface area contributed by atoms with E-state index >= 15 is 0 Å². The predicted octanol–water partition coefficient (Wildman–Crippen LogP) is 3.83. The molecule has 88 valence electrons. The molecule has 15 heavy (non-hydrogen) atoms. The van der Waals surface area contributed by atoms with Gasteiger partial charge in [0.15, 0.2) is 0 Å². The zero-order valence-electron chi connectivity index (χ0n) is 10.4. The summed E-state index contributed by atoms with van der Waals surface area (Å²) >= 11 is 0. The Morgan fingerprint density at radius 2 is 1.13 bits per heavy atom. The lowest BCUT2D eigenvalue weighted by atomic mass is 9.71. The van der Waals surface area contributed by atoms with Gasteiger partial charge in [-0.2, -0.15) is 0 Å². The molecule has 1 heteroatoms. The first-order valence-corrected chi connectivity index (χ1v) is 6.99. The summed E-state index contributed by atoms with van der Waals surface area (Å²) < 4.78 is 0. The van der Waals surface area contributed by atoms with Crippen LogP contribution in [0.1, 0.15) is 64.2 Å². The van der Waals surface area contributed by atoms with Gasteiger partial charge < -0.3 is 4.90 Å². The quantitative estimate of drug-likeness (QED) is 0.586. The lowest BCUT2D eigenvalue weighted by Crippen LogP contribution is -2.37. The molecule has 0 atom stereocenters. The van der Waals surface area contributed by atoms with Gasteiger partial charge in [0.1, 0.15) is 0 Å². The third-order valence-electron chi connectivity index (χ3n) is 4.71. The molecule has 0 unspecified atom stereocenters. The molecule has 1 nitrogen and oxygen atoms in total. The van der Waals surface area contributed by atoms with Crippen LogP contribution < -0.4 is 0 Å². The summed E-state index contributed by atoms with van der Waals surface area (Å²) in [5.41, 5.74) is 0.761. The first-order valence-electron chi connectivity index (χ1n) is 6.99. The van der Waals surface area contributed by atoms with Crippen LogP contribution in [0.4, 0.5) is 0 Å². The van der Waals surface area contributed by atoms with Crippen molar-refractivity contribution in [2.75, 3.05) is 20.1 Å². The van der Waals surface area contributed by atoms with E-state index in [-0.39, 0.29) is 0 Å². The zero-order chi connectivity index (χ0) is 10.6. The fraction of sp³-hybridized carbons (Fsp3) is 1.00. The maximum atomic E-state index is 2.51. The highest BCUT2D eigenvalue weighted by Gasteiger charge is 2.32. The van der Waals surface area contributed by atoms with Crippen molar-refractivity contribution in [2.45, 2.75) is 64.2 Å². The van der Waals surface area contributed by atoms with Crippen LogP contribution in [-0.2, 0) is 0 Å². The summed E-state index contributed by atoms with van der Waals surface area (Å²) in [4.78, 5) is 2.51. The fourth-order valence-corrected chi connectivity index (χ4v) is 3.42. The van der Waals surface area contributed by atoms with E-state index in [1.165, 1.54) is 77.3 Å². The molecule has 0 radical (unpaired) electrons. The summed E-state index contributed by atoms with van der Waals surface area (Å²) in [6.07, 6.45) is 15.0. The van der Waals surface area contributed by atoms with Crippen molar-refractivity contribution in [3.8, 4) is 0 Å². The summed E-state index contributed by atoms with van der Waals surface area (Å²) in [6.45, 7) is 2.69. The van der Waals surface area contributed by atoms with Crippen molar-refractivity contribution in [1.29, 1.82) is 0 Å². The highest BCUT2D eigenvalue weighted by molar-refractivity contribution is 4.85. The predicted molar refractivity (Wildman–Crippen MR) is 66.1 cm³/mol. The summed E-state index contributed by atoms with van der Waals surface area (Å²) in [7, 11) is 2.28. The molecular formula is C14H27N. The lowest BCUT2D eigenvalue weighted by Gasteiger charge is -2.41. The standard InChI is InChI=1S/C14H27N/c1-15-12-10-14(11-13-15)8-6-4-2-3-5-7-9-14/h2-13H2,1H3. The Bertz CT molecular complexity index is 168. The van der Waals surface area contributed by atoms with E-state index in [1.807, 2.05) is 0 Å². The maximum Gasteiger partial charge on any atom is -0.00165 e. The van der Waals surface area contributed by atoms with E-state index in [1.54, 1.807) is 0 Å². The van der Waals surface area contributed by atoms with Crippen molar-refractivity contribution in [1.82, 2.24) is 4.90 Å². The summed E-state index contributed by atoms with van der Waals surface area (Å²) in [5.74, 6) is 0. The molecule has 1 heterocycles. The average Bonchev–Trinajstić information content (AvgIpc) is 2.36. The topological polar surface area (TPSA) is 3.24 Å². The van der Waals surface area contributed by atoms with E-state index in [0.29, 0.717) is 0 Å². The van der Waals surface area contributed by atoms with Gasteiger partial charge in [0.2, 0.25) is 0 Å². The van der Waals surface area contributed by atoms with Crippen LogP contribution in [0.2, 0.25) is 0 Å². The molecule has 1 saturated heterocycles. The number of likely N-dealkylation sites (tertiary alicyclic amines) is 1. The van der Waals surface area contributed by atoms with Gasteiger partial charge in [-0.05, 0) is 51.2 Å². The number of hydrogen-bond donors (Lipinski definition) is 0. The van der Waals surface area contributed by atoms with Crippen LogP contribution in [0.5, 0.6) is 0 Å². The Hall–Kier alpha value is -0.0400. The van der Waals surface area contributed by atoms with E-state index in [2.05, 4.69) is 11.9 Å². The molecule has 1 saturated carbocycles.